The largest absolute Gasteiger partial charge is 0.468 e. The summed E-state index contributed by atoms with van der Waals surface area (Å²) >= 11 is 7.80. The second kappa shape index (κ2) is 8.32. The molecule has 7 nitrogen and oxygen atoms in total. The first-order chi connectivity index (χ1) is 16.3. The number of para-hydroxylation sites is 1. The minimum absolute atomic E-state index is 0.295. The standard InChI is InChI=1S/C25H22ClN3O4S/c1-32-24(31)22-19-18-14(8-9-16(27)21(18)34-22)25(29,23(30)20(19)28)12-7-10-17(15(26)11-12)33-13-5-3-2-4-6-13/h2-11,19-20,22H,27-29H2,1H3. The van der Waals surface area contributed by atoms with Crippen LogP contribution in [0.3, 0.4) is 0 Å². The highest BCUT2D eigenvalue weighted by Crippen LogP contribution is 2.56. The summed E-state index contributed by atoms with van der Waals surface area (Å²) in [7, 11) is 1.31. The van der Waals surface area contributed by atoms with Crippen LogP contribution < -0.4 is 21.9 Å². The van der Waals surface area contributed by atoms with Crippen molar-refractivity contribution < 1.29 is 19.1 Å². The lowest BCUT2D eigenvalue weighted by atomic mass is 9.65. The predicted molar refractivity (Wildman–Crippen MR) is 131 cm³/mol. The Morgan fingerprint density at radius 3 is 2.53 bits per heavy atom. The van der Waals surface area contributed by atoms with Crippen molar-refractivity contribution in [3.63, 3.8) is 0 Å². The van der Waals surface area contributed by atoms with Crippen molar-refractivity contribution >= 4 is 40.8 Å². The number of hydrogen-bond acceptors (Lipinski definition) is 8. The van der Waals surface area contributed by atoms with E-state index in [-0.39, 0.29) is 0 Å². The number of ether oxygens (including phenoxy) is 2. The first-order valence-corrected chi connectivity index (χ1v) is 11.8. The number of rotatable bonds is 4. The van der Waals surface area contributed by atoms with Crippen molar-refractivity contribution in [1.82, 2.24) is 0 Å². The summed E-state index contributed by atoms with van der Waals surface area (Å²) < 4.78 is 10.8. The van der Waals surface area contributed by atoms with Gasteiger partial charge in [-0.1, -0.05) is 41.9 Å². The summed E-state index contributed by atoms with van der Waals surface area (Å²) in [4.78, 5) is 26.9. The van der Waals surface area contributed by atoms with Crippen LogP contribution in [0.25, 0.3) is 0 Å². The second-order valence-corrected chi connectivity index (χ2v) is 9.85. The molecule has 3 aromatic rings. The Balaban J connectivity index is 1.62. The third kappa shape index (κ3) is 3.29. The third-order valence-electron chi connectivity index (χ3n) is 6.43. The van der Waals surface area contributed by atoms with E-state index in [0.29, 0.717) is 38.2 Å². The first-order valence-electron chi connectivity index (χ1n) is 10.6. The Morgan fingerprint density at radius 1 is 1.12 bits per heavy atom. The van der Waals surface area contributed by atoms with Crippen LogP contribution >= 0.6 is 23.4 Å². The molecule has 1 aliphatic carbocycles. The number of nitrogen functional groups attached to an aromatic ring is 1. The van der Waals surface area contributed by atoms with E-state index in [4.69, 9.17) is 38.3 Å². The predicted octanol–water partition coefficient (Wildman–Crippen LogP) is 3.56. The molecule has 0 bridgehead atoms. The number of esters is 1. The van der Waals surface area contributed by atoms with Gasteiger partial charge in [-0.2, -0.15) is 0 Å². The molecule has 6 N–H and O–H groups in total. The van der Waals surface area contributed by atoms with Gasteiger partial charge in [0.25, 0.3) is 0 Å². The summed E-state index contributed by atoms with van der Waals surface area (Å²) in [6.07, 6.45) is 0. The molecule has 0 amide bonds. The molecule has 0 aromatic heterocycles. The maximum Gasteiger partial charge on any atom is 0.319 e. The van der Waals surface area contributed by atoms with Gasteiger partial charge in [-0.3, -0.25) is 9.59 Å². The zero-order chi connectivity index (χ0) is 24.2. The lowest BCUT2D eigenvalue weighted by Crippen LogP contribution is -2.60. The van der Waals surface area contributed by atoms with E-state index >= 15 is 0 Å². The molecule has 4 atom stereocenters. The van der Waals surface area contributed by atoms with Crippen molar-refractivity contribution in [3.8, 4) is 11.5 Å². The average molecular weight is 496 g/mol. The topological polar surface area (TPSA) is 131 Å². The minimum atomic E-state index is -1.58. The molecule has 5 rings (SSSR count). The smallest absolute Gasteiger partial charge is 0.319 e. The van der Waals surface area contributed by atoms with Gasteiger partial charge >= 0.3 is 5.97 Å². The monoisotopic (exact) mass is 495 g/mol. The molecule has 9 heteroatoms. The fourth-order valence-corrected chi connectivity index (χ4v) is 6.45. The first kappa shape index (κ1) is 22.7. The van der Waals surface area contributed by atoms with Gasteiger partial charge in [0.1, 0.15) is 22.3 Å². The molecule has 1 aliphatic heterocycles. The van der Waals surface area contributed by atoms with Crippen LogP contribution in [0.4, 0.5) is 5.69 Å². The van der Waals surface area contributed by atoms with Gasteiger partial charge in [0.15, 0.2) is 5.78 Å². The van der Waals surface area contributed by atoms with Crippen molar-refractivity contribution in [1.29, 1.82) is 0 Å². The third-order valence-corrected chi connectivity index (χ3v) is 8.15. The number of anilines is 1. The van der Waals surface area contributed by atoms with Crippen LogP contribution in [0.1, 0.15) is 22.6 Å². The Bertz CT molecular complexity index is 1320. The van der Waals surface area contributed by atoms with Crippen LogP contribution in [-0.4, -0.2) is 30.2 Å². The quantitative estimate of drug-likeness (QED) is 0.370. The van der Waals surface area contributed by atoms with Crippen LogP contribution in [0, 0.1) is 0 Å². The number of Topliss-reactive ketones (excluding diaryl/α,β-unsaturated/α-hetero) is 1. The normalized spacial score (nSPS) is 25.1. The molecule has 0 saturated carbocycles. The Labute approximate surface area is 205 Å². The highest BCUT2D eigenvalue weighted by molar-refractivity contribution is 8.01. The maximum absolute atomic E-state index is 13.7. The van der Waals surface area contributed by atoms with Gasteiger partial charge in [-0.15, -0.1) is 11.8 Å². The van der Waals surface area contributed by atoms with E-state index < -0.39 is 34.5 Å². The lowest BCUT2D eigenvalue weighted by molar-refractivity contribution is -0.140. The number of thioether (sulfide) groups is 1. The number of hydrogen-bond donors (Lipinski definition) is 3. The van der Waals surface area contributed by atoms with Gasteiger partial charge in [-0.25, -0.2) is 0 Å². The molecule has 0 radical (unpaired) electrons. The average Bonchev–Trinajstić information content (AvgIpc) is 3.25. The SMILES string of the molecule is COC(=O)C1Sc2c(N)ccc3c2C1C(N)C(=O)C3(N)c1ccc(Oc2ccccc2)c(Cl)c1. The summed E-state index contributed by atoms with van der Waals surface area (Å²) in [5.41, 5.74) is 20.2. The highest BCUT2D eigenvalue weighted by Gasteiger charge is 2.57. The van der Waals surface area contributed by atoms with E-state index in [1.165, 1.54) is 18.9 Å². The zero-order valence-electron chi connectivity index (χ0n) is 18.2. The Morgan fingerprint density at radius 2 is 1.85 bits per heavy atom. The lowest BCUT2D eigenvalue weighted by Gasteiger charge is -2.41. The summed E-state index contributed by atoms with van der Waals surface area (Å²) in [5.74, 6) is -0.416. The van der Waals surface area contributed by atoms with E-state index in [9.17, 15) is 9.59 Å². The van der Waals surface area contributed by atoms with Gasteiger partial charge in [0.05, 0.1) is 18.2 Å². The minimum Gasteiger partial charge on any atom is -0.468 e. The summed E-state index contributed by atoms with van der Waals surface area (Å²) in [6, 6.07) is 16.6. The van der Waals surface area contributed by atoms with Gasteiger partial charge in [0.2, 0.25) is 0 Å². The van der Waals surface area contributed by atoms with E-state index in [0.717, 1.165) is 5.56 Å². The Kier molecular flexibility index (Phi) is 5.56. The molecular formula is C25H22ClN3O4S. The number of carbonyl (C=O) groups excluding carboxylic acids is 2. The Hall–Kier alpha value is -3.04. The second-order valence-electron chi connectivity index (χ2n) is 8.29. The molecule has 1 heterocycles. The molecule has 2 aliphatic rings. The van der Waals surface area contributed by atoms with Crippen molar-refractivity contribution in [2.45, 2.75) is 27.6 Å². The highest BCUT2D eigenvalue weighted by atomic mass is 35.5. The van der Waals surface area contributed by atoms with Crippen molar-refractivity contribution in [2.75, 3.05) is 12.8 Å². The molecule has 3 aromatic carbocycles. The number of carbonyl (C=O) groups is 2. The van der Waals surface area contributed by atoms with Gasteiger partial charge < -0.3 is 26.7 Å². The van der Waals surface area contributed by atoms with Crippen molar-refractivity contribution in [2.24, 2.45) is 11.5 Å². The van der Waals surface area contributed by atoms with Crippen LogP contribution in [0.2, 0.25) is 5.02 Å². The molecule has 0 fully saturated rings. The van der Waals surface area contributed by atoms with Crippen LogP contribution in [0.15, 0.2) is 65.6 Å². The number of benzene rings is 3. The van der Waals surface area contributed by atoms with E-state index in [2.05, 4.69) is 0 Å². The molecule has 4 unspecified atom stereocenters. The molecule has 174 valence electrons. The molecular weight excluding hydrogens is 474 g/mol. The zero-order valence-corrected chi connectivity index (χ0v) is 19.7. The van der Waals surface area contributed by atoms with Crippen molar-refractivity contribution in [3.05, 3.63) is 82.4 Å². The van der Waals surface area contributed by atoms with E-state index in [1.54, 1.807) is 30.3 Å². The fourth-order valence-electron chi connectivity index (χ4n) is 4.75. The van der Waals surface area contributed by atoms with Crippen LogP contribution in [0.5, 0.6) is 11.5 Å². The number of halogens is 1. The van der Waals surface area contributed by atoms with Gasteiger partial charge in [0, 0.05) is 16.5 Å². The molecule has 0 spiro atoms. The fraction of sp³-hybridized carbons (Fsp3) is 0.200. The summed E-state index contributed by atoms with van der Waals surface area (Å²) in [5, 5.41) is -0.388. The number of methoxy groups -OCH3 is 1. The van der Waals surface area contributed by atoms with Crippen LogP contribution in [-0.2, 0) is 19.9 Å². The molecule has 34 heavy (non-hydrogen) atoms. The van der Waals surface area contributed by atoms with Gasteiger partial charge in [-0.05, 0) is 47.0 Å². The maximum atomic E-state index is 13.7. The number of nitrogens with two attached hydrogens (primary N) is 3. The number of ketones is 1. The van der Waals surface area contributed by atoms with E-state index in [1.807, 2.05) is 30.3 Å². The molecule has 0 saturated heterocycles. The summed E-state index contributed by atoms with van der Waals surface area (Å²) in [6.45, 7) is 0.